The molecule has 0 atom stereocenters. The normalized spacial score (nSPS) is 11.8. The first-order valence-corrected chi connectivity index (χ1v) is 22.0. The maximum atomic E-state index is 5.45. The van der Waals surface area contributed by atoms with E-state index in [4.69, 9.17) is 15.0 Å². The Hall–Kier alpha value is -8.19. The van der Waals surface area contributed by atoms with Gasteiger partial charge in [0.05, 0.1) is 27.8 Å². The Labute approximate surface area is 366 Å². The van der Waals surface area contributed by atoms with Crippen LogP contribution in [-0.4, -0.2) is 24.1 Å². The predicted molar refractivity (Wildman–Crippen MR) is 263 cm³/mol. The fraction of sp³-hybridized carbons (Fsp3) is 0. The van der Waals surface area contributed by atoms with Gasteiger partial charge in [-0.2, -0.15) is 9.97 Å². The SMILES string of the molecule is c1ccc(-c2ccc(-c3ccccc3)c(-n3c4ccccc4c4cc5c6ccccc6n(-c6nc(-c7ccccc7)nc(-c7cccc8sc9ccccc9c78)n6)c5cc43)c2)cc1. The maximum absolute atomic E-state index is 5.45. The van der Waals surface area contributed by atoms with E-state index in [1.807, 2.05) is 18.2 Å². The second kappa shape index (κ2) is 14.2. The number of rotatable bonds is 6. The lowest BCUT2D eigenvalue weighted by Gasteiger charge is -2.16. The van der Waals surface area contributed by atoms with Gasteiger partial charge in [-0.3, -0.25) is 4.57 Å². The molecule has 0 aliphatic carbocycles. The highest BCUT2D eigenvalue weighted by atomic mass is 32.1. The molecule has 5 nitrogen and oxygen atoms in total. The number of nitrogens with zero attached hydrogens (tertiary/aromatic N) is 5. The Bertz CT molecular complexity index is 3900. The first kappa shape index (κ1) is 35.6. The molecule has 0 saturated heterocycles. The monoisotopic (exact) mass is 821 g/mol. The van der Waals surface area contributed by atoms with E-state index in [0.29, 0.717) is 17.6 Å². The van der Waals surface area contributed by atoms with E-state index >= 15 is 0 Å². The van der Waals surface area contributed by atoms with Gasteiger partial charge in [0.2, 0.25) is 5.95 Å². The topological polar surface area (TPSA) is 48.5 Å². The number of benzene rings is 9. The molecule has 0 bridgehead atoms. The van der Waals surface area contributed by atoms with Crippen molar-refractivity contribution in [1.82, 2.24) is 24.1 Å². The summed E-state index contributed by atoms with van der Waals surface area (Å²) < 4.78 is 7.14. The van der Waals surface area contributed by atoms with E-state index < -0.39 is 0 Å². The number of aromatic nitrogens is 5. The van der Waals surface area contributed by atoms with Gasteiger partial charge >= 0.3 is 0 Å². The second-order valence-corrected chi connectivity index (χ2v) is 17.1. The lowest BCUT2D eigenvalue weighted by atomic mass is 9.98. The van der Waals surface area contributed by atoms with Gasteiger partial charge in [0, 0.05) is 58.4 Å². The first-order chi connectivity index (χ1) is 31.2. The molecule has 4 aromatic heterocycles. The summed E-state index contributed by atoms with van der Waals surface area (Å²) in [4.78, 5) is 16.0. The van der Waals surface area contributed by atoms with E-state index in [2.05, 4.69) is 203 Å². The van der Waals surface area contributed by atoms with Crippen molar-refractivity contribution in [2.45, 2.75) is 0 Å². The Morgan fingerprint density at radius 1 is 0.317 bits per heavy atom. The van der Waals surface area contributed by atoms with Crippen molar-refractivity contribution >= 4 is 75.1 Å². The van der Waals surface area contributed by atoms with Gasteiger partial charge in [-0.15, -0.1) is 11.3 Å². The highest BCUT2D eigenvalue weighted by Gasteiger charge is 2.23. The summed E-state index contributed by atoms with van der Waals surface area (Å²) >= 11 is 1.80. The molecule has 13 rings (SSSR count). The van der Waals surface area contributed by atoms with Crippen LogP contribution in [-0.2, 0) is 0 Å². The fourth-order valence-electron chi connectivity index (χ4n) is 9.56. The summed E-state index contributed by atoms with van der Waals surface area (Å²) in [6.45, 7) is 0. The highest BCUT2D eigenvalue weighted by Crippen LogP contribution is 2.43. The molecule has 0 saturated carbocycles. The van der Waals surface area contributed by atoms with Gasteiger partial charge in [0.25, 0.3) is 0 Å². The molecule has 0 spiro atoms. The van der Waals surface area contributed by atoms with Crippen LogP contribution >= 0.6 is 11.3 Å². The number of hydrogen-bond acceptors (Lipinski definition) is 4. The van der Waals surface area contributed by atoms with E-state index in [1.54, 1.807) is 11.3 Å². The molecule has 4 heterocycles. The zero-order chi connectivity index (χ0) is 41.4. The van der Waals surface area contributed by atoms with Gasteiger partial charge in [-0.1, -0.05) is 170 Å². The number of hydrogen-bond donors (Lipinski definition) is 0. The Balaban J connectivity index is 1.13. The van der Waals surface area contributed by atoms with Crippen molar-refractivity contribution in [3.63, 3.8) is 0 Å². The zero-order valence-corrected chi connectivity index (χ0v) is 34.7. The molecule has 63 heavy (non-hydrogen) atoms. The van der Waals surface area contributed by atoms with Crippen LogP contribution in [0.1, 0.15) is 0 Å². The summed E-state index contributed by atoms with van der Waals surface area (Å²) in [6, 6.07) is 75.7. The summed E-state index contributed by atoms with van der Waals surface area (Å²) in [6.07, 6.45) is 0. The average Bonchev–Trinajstić information content (AvgIpc) is 4.01. The van der Waals surface area contributed by atoms with Gasteiger partial charge in [-0.25, -0.2) is 4.98 Å². The van der Waals surface area contributed by atoms with Crippen molar-refractivity contribution < 1.29 is 0 Å². The molecule has 0 N–H and O–H groups in total. The summed E-state index contributed by atoms with van der Waals surface area (Å²) in [5, 5.41) is 7.01. The van der Waals surface area contributed by atoms with Crippen molar-refractivity contribution in [2.75, 3.05) is 0 Å². The van der Waals surface area contributed by atoms with Gasteiger partial charge in [0.15, 0.2) is 11.6 Å². The zero-order valence-electron chi connectivity index (χ0n) is 33.9. The standard InChI is InChI=1S/C57H35N5S/c1-4-17-36(18-5-1)39-31-32-40(37-19-6-2-7-20-37)49(33-39)61-47-27-13-10-23-41(47)45-34-46-42-24-11-14-28-48(42)62(51(46)35-50(45)61)57-59-55(38-21-8-3-9-22-38)58-56(60-57)44-26-16-30-53-54(44)43-25-12-15-29-52(43)63-53/h1-35H. The third-order valence-electron chi connectivity index (χ3n) is 12.4. The third kappa shape index (κ3) is 5.66. The highest BCUT2D eigenvalue weighted by molar-refractivity contribution is 7.25. The minimum Gasteiger partial charge on any atom is -0.309 e. The van der Waals surface area contributed by atoms with Crippen LogP contribution in [0.2, 0.25) is 0 Å². The second-order valence-electron chi connectivity index (χ2n) is 16.0. The van der Waals surface area contributed by atoms with E-state index in [0.717, 1.165) is 71.7 Å². The largest absolute Gasteiger partial charge is 0.309 e. The van der Waals surface area contributed by atoms with Crippen LogP contribution in [0, 0.1) is 0 Å². The van der Waals surface area contributed by atoms with Crippen LogP contribution in [0.4, 0.5) is 0 Å². The Kier molecular flexibility index (Phi) is 8.01. The maximum Gasteiger partial charge on any atom is 0.238 e. The molecule has 0 fully saturated rings. The van der Waals surface area contributed by atoms with Gasteiger partial charge in [-0.05, 0) is 59.2 Å². The van der Waals surface area contributed by atoms with Crippen LogP contribution in [0.25, 0.3) is 120 Å². The molecule has 0 amide bonds. The summed E-state index contributed by atoms with van der Waals surface area (Å²) in [7, 11) is 0. The van der Waals surface area contributed by atoms with Crippen molar-refractivity contribution in [1.29, 1.82) is 0 Å². The quantitative estimate of drug-likeness (QED) is 0.168. The number of para-hydroxylation sites is 2. The molecule has 0 unspecified atom stereocenters. The minimum absolute atomic E-state index is 0.569. The average molecular weight is 822 g/mol. The van der Waals surface area contributed by atoms with Gasteiger partial charge < -0.3 is 4.57 Å². The minimum atomic E-state index is 0.569. The molecule has 13 aromatic rings. The van der Waals surface area contributed by atoms with Crippen LogP contribution in [0.15, 0.2) is 212 Å². The van der Waals surface area contributed by atoms with Crippen molar-refractivity contribution in [2.24, 2.45) is 0 Å². The third-order valence-corrected chi connectivity index (χ3v) is 13.5. The lowest BCUT2D eigenvalue weighted by molar-refractivity contribution is 0.954. The fourth-order valence-corrected chi connectivity index (χ4v) is 10.7. The van der Waals surface area contributed by atoms with E-state index in [9.17, 15) is 0 Å². The smallest absolute Gasteiger partial charge is 0.238 e. The van der Waals surface area contributed by atoms with Crippen molar-refractivity contribution in [3.05, 3.63) is 212 Å². The van der Waals surface area contributed by atoms with E-state index in [1.165, 1.54) is 31.1 Å². The van der Waals surface area contributed by atoms with E-state index in [-0.39, 0.29) is 0 Å². The Morgan fingerprint density at radius 2 is 0.889 bits per heavy atom. The molecule has 0 aliphatic heterocycles. The number of fused-ring (bicyclic) bond motifs is 9. The van der Waals surface area contributed by atoms with Crippen LogP contribution in [0.3, 0.4) is 0 Å². The predicted octanol–water partition coefficient (Wildman–Crippen LogP) is 15.1. The molecule has 9 aromatic carbocycles. The summed E-state index contributed by atoms with van der Waals surface area (Å²) in [5.74, 6) is 1.83. The molecule has 0 radical (unpaired) electrons. The van der Waals surface area contributed by atoms with Crippen molar-refractivity contribution in [3.8, 4) is 56.7 Å². The molecule has 6 heteroatoms. The molecular formula is C57H35N5S. The lowest BCUT2D eigenvalue weighted by Crippen LogP contribution is -2.06. The molecule has 294 valence electrons. The van der Waals surface area contributed by atoms with Crippen LogP contribution in [0.5, 0.6) is 0 Å². The molecular weight excluding hydrogens is 787 g/mol. The Morgan fingerprint density at radius 3 is 1.62 bits per heavy atom. The van der Waals surface area contributed by atoms with Gasteiger partial charge in [0.1, 0.15) is 0 Å². The first-order valence-electron chi connectivity index (χ1n) is 21.2. The summed E-state index contributed by atoms with van der Waals surface area (Å²) in [5.41, 5.74) is 12.0. The number of thiophene rings is 1. The molecule has 0 aliphatic rings. The van der Waals surface area contributed by atoms with Crippen LogP contribution < -0.4 is 0 Å².